The van der Waals surface area contributed by atoms with E-state index in [9.17, 15) is 4.79 Å². The predicted octanol–water partition coefficient (Wildman–Crippen LogP) is 2.89. The molecule has 1 aliphatic carbocycles. The van der Waals surface area contributed by atoms with E-state index in [-0.39, 0.29) is 5.91 Å². The first kappa shape index (κ1) is 11.2. The molecule has 2 heterocycles. The highest BCUT2D eigenvalue weighted by Crippen LogP contribution is 2.38. The van der Waals surface area contributed by atoms with Gasteiger partial charge in [0.05, 0.1) is 5.01 Å². The van der Waals surface area contributed by atoms with Crippen molar-refractivity contribution in [2.24, 2.45) is 5.92 Å². The van der Waals surface area contributed by atoms with Crippen molar-refractivity contribution >= 4 is 17.2 Å². The van der Waals surface area contributed by atoms with Gasteiger partial charge in [0.2, 0.25) is 0 Å². The SMILES string of the molecule is CC(C)c1nc(C(=O)N2C[C@@H]3CC[C@@H]2C3)cs1. The van der Waals surface area contributed by atoms with Crippen LogP contribution in [0, 0.1) is 5.92 Å². The highest BCUT2D eigenvalue weighted by atomic mass is 32.1. The molecule has 1 saturated heterocycles. The van der Waals surface area contributed by atoms with E-state index in [0.717, 1.165) is 17.5 Å². The molecule has 0 radical (unpaired) electrons. The van der Waals surface area contributed by atoms with Crippen molar-refractivity contribution in [1.82, 2.24) is 9.88 Å². The third kappa shape index (κ3) is 1.88. The van der Waals surface area contributed by atoms with Crippen LogP contribution in [0.25, 0.3) is 0 Å². The van der Waals surface area contributed by atoms with Gasteiger partial charge in [-0.1, -0.05) is 13.8 Å². The molecule has 0 spiro atoms. The number of aromatic nitrogens is 1. The van der Waals surface area contributed by atoms with Gasteiger partial charge in [0.25, 0.3) is 5.91 Å². The van der Waals surface area contributed by atoms with Crippen LogP contribution in [-0.2, 0) is 0 Å². The molecule has 2 aliphatic rings. The number of carbonyl (C=O) groups is 1. The zero-order valence-corrected chi connectivity index (χ0v) is 11.2. The minimum atomic E-state index is 0.153. The van der Waals surface area contributed by atoms with Gasteiger partial charge in [-0.2, -0.15) is 0 Å². The fourth-order valence-corrected chi connectivity index (χ4v) is 3.78. The Morgan fingerprint density at radius 2 is 2.35 bits per heavy atom. The van der Waals surface area contributed by atoms with Crippen LogP contribution in [0.5, 0.6) is 0 Å². The molecule has 0 N–H and O–H groups in total. The molecule has 4 heteroatoms. The van der Waals surface area contributed by atoms with Crippen LogP contribution in [0.3, 0.4) is 0 Å². The first-order valence-corrected chi connectivity index (χ1v) is 7.29. The lowest BCUT2D eigenvalue weighted by molar-refractivity contribution is 0.0698. The minimum absolute atomic E-state index is 0.153. The molecule has 2 atom stereocenters. The van der Waals surface area contributed by atoms with E-state index in [4.69, 9.17) is 0 Å². The standard InChI is InChI=1S/C13H18N2OS/c1-8(2)12-14-11(7-17-12)13(16)15-6-9-3-4-10(15)5-9/h7-10H,3-6H2,1-2H3/t9-,10-/m1/s1. The van der Waals surface area contributed by atoms with Crippen LogP contribution >= 0.6 is 11.3 Å². The van der Waals surface area contributed by atoms with Gasteiger partial charge in [-0.25, -0.2) is 4.98 Å². The number of likely N-dealkylation sites (tertiary alicyclic amines) is 1. The smallest absolute Gasteiger partial charge is 0.273 e. The van der Waals surface area contributed by atoms with E-state index in [1.807, 2.05) is 10.3 Å². The van der Waals surface area contributed by atoms with Crippen molar-refractivity contribution < 1.29 is 4.79 Å². The Morgan fingerprint density at radius 1 is 1.53 bits per heavy atom. The molecule has 17 heavy (non-hydrogen) atoms. The van der Waals surface area contributed by atoms with E-state index in [2.05, 4.69) is 18.8 Å². The second-order valence-corrected chi connectivity index (χ2v) is 6.41. The van der Waals surface area contributed by atoms with E-state index in [1.54, 1.807) is 11.3 Å². The number of nitrogens with zero attached hydrogens (tertiary/aromatic N) is 2. The van der Waals surface area contributed by atoms with Crippen molar-refractivity contribution in [3.05, 3.63) is 16.1 Å². The van der Waals surface area contributed by atoms with Crippen LogP contribution < -0.4 is 0 Å². The molecule has 1 aromatic heterocycles. The third-order valence-electron chi connectivity index (χ3n) is 3.91. The summed E-state index contributed by atoms with van der Waals surface area (Å²) in [5.41, 5.74) is 0.659. The van der Waals surface area contributed by atoms with Crippen LogP contribution in [0.4, 0.5) is 0 Å². The molecular weight excluding hydrogens is 232 g/mol. The molecule has 92 valence electrons. The summed E-state index contributed by atoms with van der Waals surface area (Å²) < 4.78 is 0. The number of hydrogen-bond acceptors (Lipinski definition) is 3. The molecule has 1 amide bonds. The second kappa shape index (κ2) is 4.09. The number of thiazole rings is 1. The Morgan fingerprint density at radius 3 is 2.88 bits per heavy atom. The summed E-state index contributed by atoms with van der Waals surface area (Å²) in [5.74, 6) is 1.32. The zero-order valence-electron chi connectivity index (χ0n) is 10.3. The van der Waals surface area contributed by atoms with Crippen LogP contribution in [0.1, 0.15) is 54.5 Å². The van der Waals surface area contributed by atoms with Crippen molar-refractivity contribution in [3.8, 4) is 0 Å². The number of piperidine rings is 1. The molecule has 1 saturated carbocycles. The van der Waals surface area contributed by atoms with E-state index < -0.39 is 0 Å². The molecule has 3 rings (SSSR count). The average molecular weight is 250 g/mol. The summed E-state index contributed by atoms with van der Waals surface area (Å²) in [6.07, 6.45) is 3.72. The van der Waals surface area contributed by atoms with Crippen molar-refractivity contribution in [2.75, 3.05) is 6.54 Å². The van der Waals surface area contributed by atoms with E-state index in [0.29, 0.717) is 17.7 Å². The number of fused-ring (bicyclic) bond motifs is 2. The average Bonchev–Trinajstić information content (AvgIpc) is 3.03. The number of rotatable bonds is 2. The van der Waals surface area contributed by atoms with Crippen molar-refractivity contribution in [2.45, 2.75) is 45.1 Å². The van der Waals surface area contributed by atoms with Gasteiger partial charge in [0.1, 0.15) is 5.69 Å². The molecule has 2 bridgehead atoms. The summed E-state index contributed by atoms with van der Waals surface area (Å²) >= 11 is 1.61. The molecule has 0 unspecified atom stereocenters. The molecule has 1 aliphatic heterocycles. The number of amides is 1. The minimum Gasteiger partial charge on any atom is -0.334 e. The molecule has 1 aromatic rings. The third-order valence-corrected chi connectivity index (χ3v) is 5.05. The Kier molecular flexibility index (Phi) is 2.69. The zero-order chi connectivity index (χ0) is 12.0. The lowest BCUT2D eigenvalue weighted by Gasteiger charge is -2.26. The first-order valence-electron chi connectivity index (χ1n) is 6.41. The Bertz CT molecular complexity index is 440. The summed E-state index contributed by atoms with van der Waals surface area (Å²) in [6.45, 7) is 5.19. The lowest BCUT2D eigenvalue weighted by Crippen LogP contribution is -2.37. The van der Waals surface area contributed by atoms with Gasteiger partial charge in [-0.05, 0) is 25.2 Å². The number of hydrogen-bond donors (Lipinski definition) is 0. The molecule has 0 aromatic carbocycles. The van der Waals surface area contributed by atoms with Crippen LogP contribution in [0.15, 0.2) is 5.38 Å². The fraction of sp³-hybridized carbons (Fsp3) is 0.692. The molecular formula is C13H18N2OS. The monoisotopic (exact) mass is 250 g/mol. The van der Waals surface area contributed by atoms with Gasteiger partial charge in [-0.15, -0.1) is 11.3 Å². The van der Waals surface area contributed by atoms with Crippen LogP contribution in [-0.4, -0.2) is 28.4 Å². The largest absolute Gasteiger partial charge is 0.334 e. The first-order chi connectivity index (χ1) is 8.15. The normalized spacial score (nSPS) is 27.1. The second-order valence-electron chi connectivity index (χ2n) is 5.52. The predicted molar refractivity (Wildman–Crippen MR) is 68.4 cm³/mol. The summed E-state index contributed by atoms with van der Waals surface area (Å²) in [7, 11) is 0. The van der Waals surface area contributed by atoms with Gasteiger partial charge in [-0.3, -0.25) is 4.79 Å². The van der Waals surface area contributed by atoms with Gasteiger partial charge in [0.15, 0.2) is 0 Å². The maximum absolute atomic E-state index is 12.3. The lowest BCUT2D eigenvalue weighted by atomic mass is 10.1. The summed E-state index contributed by atoms with van der Waals surface area (Å²) in [5, 5.41) is 2.99. The maximum atomic E-state index is 12.3. The van der Waals surface area contributed by atoms with Gasteiger partial charge in [0, 0.05) is 23.9 Å². The molecule has 2 fully saturated rings. The van der Waals surface area contributed by atoms with Crippen molar-refractivity contribution in [1.29, 1.82) is 0 Å². The maximum Gasteiger partial charge on any atom is 0.273 e. The Hall–Kier alpha value is -0.900. The van der Waals surface area contributed by atoms with Gasteiger partial charge >= 0.3 is 0 Å². The number of carbonyl (C=O) groups excluding carboxylic acids is 1. The fourth-order valence-electron chi connectivity index (χ4n) is 2.97. The van der Waals surface area contributed by atoms with Crippen LogP contribution in [0.2, 0.25) is 0 Å². The Balaban J connectivity index is 1.77. The highest BCUT2D eigenvalue weighted by molar-refractivity contribution is 7.09. The topological polar surface area (TPSA) is 33.2 Å². The van der Waals surface area contributed by atoms with E-state index >= 15 is 0 Å². The Labute approximate surface area is 106 Å². The van der Waals surface area contributed by atoms with Gasteiger partial charge < -0.3 is 4.90 Å². The molecule has 3 nitrogen and oxygen atoms in total. The quantitative estimate of drug-likeness (QED) is 0.808. The summed E-state index contributed by atoms with van der Waals surface area (Å²) in [6, 6.07) is 0.497. The van der Waals surface area contributed by atoms with Crippen molar-refractivity contribution in [3.63, 3.8) is 0 Å². The van der Waals surface area contributed by atoms with E-state index in [1.165, 1.54) is 19.3 Å². The highest BCUT2D eigenvalue weighted by Gasteiger charge is 2.40. The summed E-state index contributed by atoms with van der Waals surface area (Å²) in [4.78, 5) is 18.9.